The zero-order chi connectivity index (χ0) is 20.0. The molecule has 0 saturated carbocycles. The average molecular weight is 408 g/mol. The van der Waals surface area contributed by atoms with Crippen molar-refractivity contribution in [1.29, 1.82) is 0 Å². The van der Waals surface area contributed by atoms with Gasteiger partial charge in [0.25, 0.3) is 0 Å². The van der Waals surface area contributed by atoms with E-state index in [-0.39, 0.29) is 18.9 Å². The fraction of sp³-hybridized carbons (Fsp3) is 0.529. The van der Waals surface area contributed by atoms with Gasteiger partial charge >= 0.3 is 6.18 Å². The molecule has 1 atom stereocenters. The summed E-state index contributed by atoms with van der Waals surface area (Å²) in [5.74, 6) is -0.517. The molecule has 0 bridgehead atoms. The number of hydrogen-bond donors (Lipinski definition) is 2. The Hall–Kier alpha value is -2.00. The Balaban J connectivity index is 1.87. The van der Waals surface area contributed by atoms with Crippen LogP contribution < -0.4 is 15.4 Å². The van der Waals surface area contributed by atoms with E-state index in [2.05, 4.69) is 5.32 Å². The number of rotatable bonds is 7. The van der Waals surface area contributed by atoms with Crippen LogP contribution in [0.25, 0.3) is 0 Å². The monoisotopic (exact) mass is 407 g/mol. The summed E-state index contributed by atoms with van der Waals surface area (Å²) >= 11 is 5.91. The number of carbonyl (C=O) groups is 2. The zero-order valence-corrected chi connectivity index (χ0v) is 15.5. The number of nitrogens with zero attached hydrogens (tertiary/aromatic N) is 1. The quantitative estimate of drug-likeness (QED) is 0.729. The minimum Gasteiger partial charge on any atom is -0.495 e. The van der Waals surface area contributed by atoms with Gasteiger partial charge in [0.05, 0.1) is 18.8 Å². The molecule has 1 aliphatic heterocycles. The summed E-state index contributed by atoms with van der Waals surface area (Å²) in [5.41, 5.74) is 0.427. The third-order valence-corrected chi connectivity index (χ3v) is 4.43. The topological polar surface area (TPSA) is 70.7 Å². The fourth-order valence-electron chi connectivity index (χ4n) is 2.93. The van der Waals surface area contributed by atoms with E-state index in [9.17, 15) is 22.8 Å². The first-order valence-corrected chi connectivity index (χ1v) is 8.79. The van der Waals surface area contributed by atoms with Crippen molar-refractivity contribution in [2.75, 3.05) is 32.1 Å². The van der Waals surface area contributed by atoms with E-state index in [1.807, 2.05) is 5.32 Å². The fourth-order valence-corrected chi connectivity index (χ4v) is 3.10. The maximum absolute atomic E-state index is 12.3. The summed E-state index contributed by atoms with van der Waals surface area (Å²) < 4.78 is 41.9. The second kappa shape index (κ2) is 9.27. The molecule has 1 aromatic carbocycles. The van der Waals surface area contributed by atoms with Gasteiger partial charge in [-0.3, -0.25) is 14.5 Å². The van der Waals surface area contributed by atoms with Crippen LogP contribution >= 0.6 is 11.6 Å². The van der Waals surface area contributed by atoms with E-state index in [1.54, 1.807) is 23.1 Å². The van der Waals surface area contributed by atoms with E-state index in [1.165, 1.54) is 7.11 Å². The van der Waals surface area contributed by atoms with Crippen molar-refractivity contribution >= 4 is 29.1 Å². The second-order valence-electron chi connectivity index (χ2n) is 6.17. The number of halogens is 4. The number of anilines is 1. The third-order valence-electron chi connectivity index (χ3n) is 4.19. The Morgan fingerprint density at radius 1 is 1.37 bits per heavy atom. The van der Waals surface area contributed by atoms with Gasteiger partial charge in [-0.05, 0) is 37.6 Å². The van der Waals surface area contributed by atoms with Gasteiger partial charge in [0.1, 0.15) is 12.3 Å². The minimum atomic E-state index is -4.45. The van der Waals surface area contributed by atoms with Gasteiger partial charge in [-0.25, -0.2) is 0 Å². The van der Waals surface area contributed by atoms with E-state index in [4.69, 9.17) is 16.3 Å². The maximum atomic E-state index is 12.3. The highest BCUT2D eigenvalue weighted by atomic mass is 35.5. The molecule has 2 rings (SSSR count). The van der Waals surface area contributed by atoms with E-state index < -0.39 is 24.7 Å². The Bertz CT molecular complexity index is 685. The van der Waals surface area contributed by atoms with E-state index in [0.717, 1.165) is 0 Å². The SMILES string of the molecule is COc1ccc(Cl)cc1NC(=O)CCN1CCCC1C(=O)NCC(F)(F)F. The van der Waals surface area contributed by atoms with Crippen LogP contribution in [0.2, 0.25) is 5.02 Å². The number of likely N-dealkylation sites (tertiary alicyclic amines) is 1. The summed E-state index contributed by atoms with van der Waals surface area (Å²) in [6.07, 6.45) is -3.21. The third kappa shape index (κ3) is 6.59. The molecule has 1 saturated heterocycles. The second-order valence-corrected chi connectivity index (χ2v) is 6.61. The van der Waals surface area contributed by atoms with Gasteiger partial charge < -0.3 is 15.4 Å². The molecule has 27 heavy (non-hydrogen) atoms. The van der Waals surface area contributed by atoms with Crippen LogP contribution in [0.5, 0.6) is 5.75 Å². The summed E-state index contributed by atoms with van der Waals surface area (Å²) in [7, 11) is 1.47. The van der Waals surface area contributed by atoms with Gasteiger partial charge in [-0.1, -0.05) is 11.6 Å². The van der Waals surface area contributed by atoms with Crippen molar-refractivity contribution in [3.8, 4) is 5.75 Å². The molecule has 0 aliphatic carbocycles. The van der Waals surface area contributed by atoms with Crippen LogP contribution in [-0.4, -0.2) is 55.7 Å². The summed E-state index contributed by atoms with van der Waals surface area (Å²) in [6, 6.07) is 4.16. The van der Waals surface area contributed by atoms with Crippen molar-refractivity contribution in [1.82, 2.24) is 10.2 Å². The molecule has 2 amide bonds. The minimum absolute atomic E-state index is 0.0821. The highest BCUT2D eigenvalue weighted by molar-refractivity contribution is 6.31. The molecular formula is C17H21ClF3N3O3. The van der Waals surface area contributed by atoms with Gasteiger partial charge in [0, 0.05) is 18.0 Å². The van der Waals surface area contributed by atoms with Gasteiger partial charge in [0.2, 0.25) is 11.8 Å². The van der Waals surface area contributed by atoms with E-state index in [0.29, 0.717) is 35.8 Å². The first-order valence-electron chi connectivity index (χ1n) is 8.41. The highest BCUT2D eigenvalue weighted by Gasteiger charge is 2.34. The number of hydrogen-bond acceptors (Lipinski definition) is 4. The number of amides is 2. The number of nitrogens with one attached hydrogen (secondary N) is 2. The molecule has 2 N–H and O–H groups in total. The molecule has 0 radical (unpaired) electrons. The van der Waals surface area contributed by atoms with Crippen LogP contribution in [0.3, 0.4) is 0 Å². The van der Waals surface area contributed by atoms with Crippen molar-refractivity contribution in [2.24, 2.45) is 0 Å². The first-order chi connectivity index (χ1) is 12.7. The molecule has 1 aromatic rings. The van der Waals surface area contributed by atoms with Gasteiger partial charge in [0.15, 0.2) is 0 Å². The maximum Gasteiger partial charge on any atom is 0.405 e. The van der Waals surface area contributed by atoms with Gasteiger partial charge in [-0.2, -0.15) is 13.2 Å². The van der Waals surface area contributed by atoms with Crippen molar-refractivity contribution < 1.29 is 27.5 Å². The van der Waals surface area contributed by atoms with Crippen LogP contribution in [0.15, 0.2) is 18.2 Å². The summed E-state index contributed by atoms with van der Waals surface area (Å²) in [4.78, 5) is 25.9. The standard InChI is InChI=1S/C17H21ClF3N3O3/c1-27-14-5-4-11(18)9-12(14)23-15(25)6-8-24-7-2-3-13(24)16(26)22-10-17(19,20)21/h4-5,9,13H,2-3,6-8,10H2,1H3,(H,22,26)(H,23,25). The molecule has 1 heterocycles. The first kappa shape index (κ1) is 21.3. The Kier molecular flexibility index (Phi) is 7.32. The molecule has 10 heteroatoms. The lowest BCUT2D eigenvalue weighted by Gasteiger charge is -2.23. The van der Waals surface area contributed by atoms with E-state index >= 15 is 0 Å². The van der Waals surface area contributed by atoms with Crippen LogP contribution in [-0.2, 0) is 9.59 Å². The summed E-state index contributed by atoms with van der Waals surface area (Å²) in [6.45, 7) is -0.540. The summed E-state index contributed by atoms with van der Waals surface area (Å²) in [5, 5.41) is 5.03. The molecule has 1 aliphatic rings. The highest BCUT2D eigenvalue weighted by Crippen LogP contribution is 2.28. The molecule has 1 fully saturated rings. The Labute approximate surface area is 160 Å². The largest absolute Gasteiger partial charge is 0.495 e. The number of alkyl halides is 3. The molecule has 6 nitrogen and oxygen atoms in total. The van der Waals surface area contributed by atoms with Crippen molar-refractivity contribution in [3.63, 3.8) is 0 Å². The lowest BCUT2D eigenvalue weighted by atomic mass is 10.2. The van der Waals surface area contributed by atoms with Crippen LogP contribution in [0, 0.1) is 0 Å². The number of methoxy groups -OCH3 is 1. The lowest BCUT2D eigenvalue weighted by Crippen LogP contribution is -2.46. The predicted octanol–water partition coefficient (Wildman–Crippen LogP) is 2.82. The molecule has 1 unspecified atom stereocenters. The molecule has 0 spiro atoms. The zero-order valence-electron chi connectivity index (χ0n) is 14.7. The average Bonchev–Trinajstić information content (AvgIpc) is 3.06. The molecule has 150 valence electrons. The Morgan fingerprint density at radius 3 is 2.78 bits per heavy atom. The van der Waals surface area contributed by atoms with Crippen LogP contribution in [0.4, 0.5) is 18.9 Å². The van der Waals surface area contributed by atoms with Crippen LogP contribution in [0.1, 0.15) is 19.3 Å². The lowest BCUT2D eigenvalue weighted by molar-refractivity contribution is -0.141. The predicted molar refractivity (Wildman–Crippen MR) is 94.9 cm³/mol. The smallest absolute Gasteiger partial charge is 0.405 e. The van der Waals surface area contributed by atoms with Crippen molar-refractivity contribution in [2.45, 2.75) is 31.5 Å². The number of benzene rings is 1. The van der Waals surface area contributed by atoms with Gasteiger partial charge in [-0.15, -0.1) is 0 Å². The Morgan fingerprint density at radius 2 is 2.11 bits per heavy atom. The van der Waals surface area contributed by atoms with Crippen molar-refractivity contribution in [3.05, 3.63) is 23.2 Å². The number of ether oxygens (including phenoxy) is 1. The molecule has 0 aromatic heterocycles. The normalized spacial score (nSPS) is 17.6. The molecular weight excluding hydrogens is 387 g/mol. The number of carbonyl (C=O) groups excluding carboxylic acids is 2.